The number of nitrogens with zero attached hydrogens (tertiary/aromatic N) is 3. The highest BCUT2D eigenvalue weighted by Crippen LogP contribution is 2.27. The molecule has 0 amide bonds. The van der Waals surface area contributed by atoms with Crippen LogP contribution in [0.25, 0.3) is 11.1 Å². The number of rotatable bonds is 9. The van der Waals surface area contributed by atoms with E-state index in [9.17, 15) is 20.0 Å². The molecule has 0 saturated heterocycles. The summed E-state index contributed by atoms with van der Waals surface area (Å²) in [6.07, 6.45) is 0. The van der Waals surface area contributed by atoms with E-state index in [1.165, 1.54) is 26.0 Å². The normalized spacial score (nSPS) is 11.4. The van der Waals surface area contributed by atoms with Crippen molar-refractivity contribution in [3.05, 3.63) is 94.0 Å². The molecule has 0 bridgehead atoms. The van der Waals surface area contributed by atoms with Crippen LogP contribution >= 0.6 is 0 Å². The Morgan fingerprint density at radius 2 is 1.76 bits per heavy atom. The van der Waals surface area contributed by atoms with Gasteiger partial charge in [0.05, 0.1) is 4.92 Å². The molecule has 1 aromatic heterocycles. The Morgan fingerprint density at radius 3 is 2.44 bits per heavy atom. The van der Waals surface area contributed by atoms with E-state index < -0.39 is 16.5 Å². The van der Waals surface area contributed by atoms with Gasteiger partial charge in [-0.05, 0) is 49.2 Å². The van der Waals surface area contributed by atoms with Crippen LogP contribution < -0.4 is 9.64 Å². The van der Waals surface area contributed by atoms with Gasteiger partial charge in [-0.1, -0.05) is 36.4 Å². The van der Waals surface area contributed by atoms with Gasteiger partial charge in [0.15, 0.2) is 11.2 Å². The molecule has 0 unspecified atom stereocenters. The maximum Gasteiger partial charge on any atom is 0.347 e. The molecule has 4 aromatic rings. The summed E-state index contributed by atoms with van der Waals surface area (Å²) in [5.74, 6) is -0.637. The Labute approximate surface area is 195 Å². The number of anilines is 1. The van der Waals surface area contributed by atoms with Gasteiger partial charge in [-0.2, -0.15) is 4.98 Å². The van der Waals surface area contributed by atoms with E-state index in [0.717, 1.165) is 11.1 Å². The van der Waals surface area contributed by atoms with Crippen molar-refractivity contribution >= 4 is 28.8 Å². The van der Waals surface area contributed by atoms with Crippen LogP contribution in [0.3, 0.4) is 0 Å². The number of ether oxygens (including phenoxy) is 1. The fraction of sp³-hybridized carbons (Fsp3) is 0.200. The highest BCUT2D eigenvalue weighted by molar-refractivity contribution is 5.77. The molecule has 1 heterocycles. The summed E-state index contributed by atoms with van der Waals surface area (Å²) in [5, 5.41) is 20.3. The molecular formula is C25H23N3O6. The van der Waals surface area contributed by atoms with E-state index in [0.29, 0.717) is 36.0 Å². The van der Waals surface area contributed by atoms with Crippen molar-refractivity contribution in [1.29, 1.82) is 0 Å². The number of para-hydroxylation sites is 2. The number of nitro benzene ring substituents is 1. The quantitative estimate of drug-likeness (QED) is 0.267. The van der Waals surface area contributed by atoms with Crippen molar-refractivity contribution in [2.24, 2.45) is 0 Å². The average Bonchev–Trinajstić information content (AvgIpc) is 3.23. The lowest BCUT2D eigenvalue weighted by Gasteiger charge is -2.23. The molecule has 34 heavy (non-hydrogen) atoms. The number of hydrogen-bond donors (Lipinski definition) is 1. The molecule has 0 aliphatic rings. The summed E-state index contributed by atoms with van der Waals surface area (Å²) < 4.78 is 11.6. The second-order valence-corrected chi connectivity index (χ2v) is 8.31. The van der Waals surface area contributed by atoms with Gasteiger partial charge in [0.25, 0.3) is 11.7 Å². The van der Waals surface area contributed by atoms with Gasteiger partial charge in [-0.3, -0.25) is 10.1 Å². The van der Waals surface area contributed by atoms with E-state index in [2.05, 4.69) is 4.98 Å². The molecule has 9 nitrogen and oxygen atoms in total. The van der Waals surface area contributed by atoms with Crippen molar-refractivity contribution in [2.45, 2.75) is 32.5 Å². The molecule has 0 aliphatic heterocycles. The van der Waals surface area contributed by atoms with Gasteiger partial charge < -0.3 is 19.2 Å². The van der Waals surface area contributed by atoms with E-state index in [-0.39, 0.29) is 5.69 Å². The van der Waals surface area contributed by atoms with Crippen LogP contribution in [0.1, 0.15) is 25.0 Å². The highest BCUT2D eigenvalue weighted by atomic mass is 16.6. The van der Waals surface area contributed by atoms with Crippen LogP contribution in [0.2, 0.25) is 0 Å². The lowest BCUT2D eigenvalue weighted by Crippen LogP contribution is -2.37. The van der Waals surface area contributed by atoms with Gasteiger partial charge in [0.2, 0.25) is 0 Å². The number of carboxylic acids is 1. The van der Waals surface area contributed by atoms with Crippen molar-refractivity contribution in [1.82, 2.24) is 4.98 Å². The van der Waals surface area contributed by atoms with E-state index in [1.54, 1.807) is 30.3 Å². The zero-order valence-electron chi connectivity index (χ0n) is 18.7. The summed E-state index contributed by atoms with van der Waals surface area (Å²) in [4.78, 5) is 28.5. The molecular weight excluding hydrogens is 438 g/mol. The first-order chi connectivity index (χ1) is 16.2. The van der Waals surface area contributed by atoms with Crippen LogP contribution in [0.4, 0.5) is 11.7 Å². The van der Waals surface area contributed by atoms with Gasteiger partial charge >= 0.3 is 5.97 Å². The largest absolute Gasteiger partial charge is 0.478 e. The Morgan fingerprint density at radius 1 is 1.06 bits per heavy atom. The Balaban J connectivity index is 1.63. The number of aromatic nitrogens is 1. The number of fused-ring (bicyclic) bond motifs is 1. The number of benzene rings is 3. The molecule has 0 saturated carbocycles. The lowest BCUT2D eigenvalue weighted by molar-refractivity contribution is -0.384. The number of oxazole rings is 1. The van der Waals surface area contributed by atoms with E-state index >= 15 is 0 Å². The Kier molecular flexibility index (Phi) is 6.18. The number of non-ortho nitro benzene ring substituents is 1. The molecule has 174 valence electrons. The number of aliphatic carboxylic acids is 1. The molecule has 0 spiro atoms. The first-order valence-corrected chi connectivity index (χ1v) is 10.6. The molecule has 4 rings (SSSR count). The van der Waals surface area contributed by atoms with Gasteiger partial charge in [0.1, 0.15) is 11.3 Å². The van der Waals surface area contributed by atoms with Gasteiger partial charge in [-0.15, -0.1) is 0 Å². The summed E-state index contributed by atoms with van der Waals surface area (Å²) in [7, 11) is 0. The third-order valence-electron chi connectivity index (χ3n) is 5.23. The molecule has 3 aromatic carbocycles. The first kappa shape index (κ1) is 22.8. The maximum atomic E-state index is 11.4. The predicted octanol–water partition coefficient (Wildman–Crippen LogP) is 5.18. The molecule has 0 atom stereocenters. The third-order valence-corrected chi connectivity index (χ3v) is 5.23. The molecule has 0 fully saturated rings. The molecule has 1 N–H and O–H groups in total. The van der Waals surface area contributed by atoms with Crippen LogP contribution in [0.5, 0.6) is 5.75 Å². The highest BCUT2D eigenvalue weighted by Gasteiger charge is 2.29. The van der Waals surface area contributed by atoms with Crippen LogP contribution in [-0.4, -0.2) is 26.6 Å². The van der Waals surface area contributed by atoms with Crippen LogP contribution in [0.15, 0.2) is 77.2 Å². The molecule has 0 radical (unpaired) electrons. The first-order valence-electron chi connectivity index (χ1n) is 10.6. The van der Waals surface area contributed by atoms with Gasteiger partial charge in [0, 0.05) is 25.2 Å². The SMILES string of the molecule is CC(C)(Oc1cccc(CN(Cc2ccc([N+](=O)[O-])cc2)c2nc3ccccc3o2)c1)C(=O)O. The smallest absolute Gasteiger partial charge is 0.347 e. The maximum absolute atomic E-state index is 11.4. The zero-order valence-corrected chi connectivity index (χ0v) is 18.7. The minimum absolute atomic E-state index is 0.0167. The standard InChI is InChI=1S/C25H23N3O6/c1-25(2,23(29)30)34-20-7-5-6-18(14-20)16-27(15-17-10-12-19(13-11-17)28(31)32)24-26-21-8-3-4-9-22(21)33-24/h3-14H,15-16H2,1-2H3,(H,29,30). The minimum Gasteiger partial charge on any atom is -0.478 e. The predicted molar refractivity (Wildman–Crippen MR) is 126 cm³/mol. The number of carboxylic acid groups (broad SMARTS) is 1. The summed E-state index contributed by atoms with van der Waals surface area (Å²) in [6.45, 7) is 3.74. The fourth-order valence-corrected chi connectivity index (χ4v) is 3.40. The summed E-state index contributed by atoms with van der Waals surface area (Å²) in [5.41, 5.74) is 1.69. The number of carbonyl (C=O) groups is 1. The van der Waals surface area contributed by atoms with Crippen molar-refractivity contribution in [2.75, 3.05) is 4.90 Å². The lowest BCUT2D eigenvalue weighted by atomic mass is 10.1. The van der Waals surface area contributed by atoms with E-state index in [4.69, 9.17) is 9.15 Å². The monoisotopic (exact) mass is 461 g/mol. The minimum atomic E-state index is -1.38. The fourth-order valence-electron chi connectivity index (χ4n) is 3.40. The van der Waals surface area contributed by atoms with E-state index in [1.807, 2.05) is 35.2 Å². The Hall–Kier alpha value is -4.40. The average molecular weight is 461 g/mol. The zero-order chi connectivity index (χ0) is 24.3. The van der Waals surface area contributed by atoms with Crippen molar-refractivity contribution in [3.8, 4) is 5.75 Å². The summed E-state index contributed by atoms with van der Waals surface area (Å²) in [6, 6.07) is 21.3. The van der Waals surface area contributed by atoms with Crippen LogP contribution in [-0.2, 0) is 17.9 Å². The Bertz CT molecular complexity index is 1300. The van der Waals surface area contributed by atoms with Crippen LogP contribution in [0, 0.1) is 10.1 Å². The van der Waals surface area contributed by atoms with Gasteiger partial charge in [-0.25, -0.2) is 4.79 Å². The van der Waals surface area contributed by atoms with Crippen molar-refractivity contribution < 1.29 is 24.0 Å². The molecule has 9 heteroatoms. The summed E-state index contributed by atoms with van der Waals surface area (Å²) >= 11 is 0. The second-order valence-electron chi connectivity index (χ2n) is 8.31. The number of hydrogen-bond acceptors (Lipinski definition) is 7. The third kappa shape index (κ3) is 5.15. The molecule has 0 aliphatic carbocycles. The number of nitro groups is 1. The van der Waals surface area contributed by atoms with Crippen molar-refractivity contribution in [3.63, 3.8) is 0 Å². The topological polar surface area (TPSA) is 119 Å². The second kappa shape index (κ2) is 9.22.